The van der Waals surface area contributed by atoms with E-state index < -0.39 is 23.7 Å². The number of nitrogens with zero attached hydrogens (tertiary/aromatic N) is 1. The van der Waals surface area contributed by atoms with Crippen LogP contribution in [0.4, 0.5) is 15.8 Å². The Bertz CT molecular complexity index is 547. The van der Waals surface area contributed by atoms with E-state index in [1.807, 2.05) is 0 Å². The minimum absolute atomic E-state index is 0.00910. The van der Waals surface area contributed by atoms with E-state index in [0.717, 1.165) is 6.07 Å². The SMILES string of the molecule is COc1cc(N2CC(=O)NC(=O)C2C)c(N)cc1F. The van der Waals surface area contributed by atoms with Gasteiger partial charge in [-0.25, -0.2) is 4.39 Å². The highest BCUT2D eigenvalue weighted by Crippen LogP contribution is 2.32. The molecule has 1 aromatic rings. The summed E-state index contributed by atoms with van der Waals surface area (Å²) in [5, 5.41) is 2.22. The van der Waals surface area contributed by atoms with Crippen LogP contribution in [0.5, 0.6) is 5.75 Å². The lowest BCUT2D eigenvalue weighted by Gasteiger charge is -2.34. The molecule has 102 valence electrons. The van der Waals surface area contributed by atoms with Crippen LogP contribution < -0.4 is 20.7 Å². The molecule has 1 saturated heterocycles. The molecule has 19 heavy (non-hydrogen) atoms. The highest BCUT2D eigenvalue weighted by Gasteiger charge is 2.31. The number of nitrogens with one attached hydrogen (secondary N) is 1. The standard InChI is InChI=1S/C12H14FN3O3/c1-6-12(18)15-11(17)5-16(6)9-4-10(19-2)7(13)3-8(9)14/h3-4,6H,5,14H2,1-2H3,(H,15,17,18). The van der Waals surface area contributed by atoms with Crippen molar-refractivity contribution < 1.29 is 18.7 Å². The van der Waals surface area contributed by atoms with Crippen LogP contribution in [0.3, 0.4) is 0 Å². The predicted molar refractivity (Wildman–Crippen MR) is 67.3 cm³/mol. The number of methoxy groups -OCH3 is 1. The number of carbonyl (C=O) groups is 2. The van der Waals surface area contributed by atoms with Crippen molar-refractivity contribution in [2.45, 2.75) is 13.0 Å². The van der Waals surface area contributed by atoms with Crippen molar-refractivity contribution in [1.29, 1.82) is 0 Å². The smallest absolute Gasteiger partial charge is 0.249 e. The van der Waals surface area contributed by atoms with Crippen molar-refractivity contribution in [2.75, 3.05) is 24.3 Å². The number of nitrogens with two attached hydrogens (primary N) is 1. The normalized spacial score (nSPS) is 19.3. The maximum atomic E-state index is 13.5. The summed E-state index contributed by atoms with van der Waals surface area (Å²) in [5.74, 6) is -1.43. The first kappa shape index (κ1) is 13.1. The average molecular weight is 267 g/mol. The molecule has 0 saturated carbocycles. The Labute approximate surface area is 109 Å². The van der Waals surface area contributed by atoms with Crippen molar-refractivity contribution in [3.63, 3.8) is 0 Å². The molecular weight excluding hydrogens is 253 g/mol. The molecule has 0 spiro atoms. The molecule has 1 unspecified atom stereocenters. The van der Waals surface area contributed by atoms with Gasteiger partial charge in [0.2, 0.25) is 11.8 Å². The molecule has 7 heteroatoms. The molecule has 1 aliphatic heterocycles. The zero-order valence-corrected chi connectivity index (χ0v) is 10.6. The van der Waals surface area contributed by atoms with Gasteiger partial charge in [0.15, 0.2) is 11.6 Å². The van der Waals surface area contributed by atoms with E-state index in [9.17, 15) is 14.0 Å². The molecule has 0 bridgehead atoms. The number of piperazine rings is 1. The van der Waals surface area contributed by atoms with E-state index in [1.54, 1.807) is 6.92 Å². The zero-order valence-electron chi connectivity index (χ0n) is 10.6. The summed E-state index contributed by atoms with van der Waals surface area (Å²) in [4.78, 5) is 24.5. The lowest BCUT2D eigenvalue weighted by atomic mass is 10.1. The van der Waals surface area contributed by atoms with E-state index in [0.29, 0.717) is 5.69 Å². The second-order valence-electron chi connectivity index (χ2n) is 4.26. The van der Waals surface area contributed by atoms with Gasteiger partial charge in [-0.1, -0.05) is 0 Å². The Hall–Kier alpha value is -2.31. The van der Waals surface area contributed by atoms with Crippen LogP contribution in [-0.2, 0) is 9.59 Å². The number of anilines is 2. The maximum Gasteiger partial charge on any atom is 0.249 e. The zero-order chi connectivity index (χ0) is 14.2. The number of hydrogen-bond acceptors (Lipinski definition) is 5. The fraction of sp³-hybridized carbons (Fsp3) is 0.333. The molecule has 0 aliphatic carbocycles. The van der Waals surface area contributed by atoms with E-state index >= 15 is 0 Å². The van der Waals surface area contributed by atoms with Crippen molar-refractivity contribution in [2.24, 2.45) is 0 Å². The lowest BCUT2D eigenvalue weighted by molar-refractivity contribution is -0.132. The van der Waals surface area contributed by atoms with E-state index in [4.69, 9.17) is 10.5 Å². The van der Waals surface area contributed by atoms with Gasteiger partial charge in [-0.2, -0.15) is 0 Å². The number of halogens is 1. The van der Waals surface area contributed by atoms with Crippen LogP contribution in [0.25, 0.3) is 0 Å². The van der Waals surface area contributed by atoms with Gasteiger partial charge in [-0.3, -0.25) is 14.9 Å². The number of nitrogen functional groups attached to an aromatic ring is 1. The topological polar surface area (TPSA) is 84.7 Å². The van der Waals surface area contributed by atoms with Crippen molar-refractivity contribution in [3.8, 4) is 5.75 Å². The summed E-state index contributed by atoms with van der Waals surface area (Å²) in [7, 11) is 1.33. The van der Waals surface area contributed by atoms with Crippen LogP contribution in [0, 0.1) is 5.82 Å². The number of benzene rings is 1. The lowest BCUT2D eigenvalue weighted by Crippen LogP contribution is -2.57. The predicted octanol–water partition coefficient (Wildman–Crippen LogP) is 0.268. The largest absolute Gasteiger partial charge is 0.494 e. The maximum absolute atomic E-state index is 13.5. The van der Waals surface area contributed by atoms with Crippen LogP contribution in [0.15, 0.2) is 12.1 Å². The van der Waals surface area contributed by atoms with Gasteiger partial charge in [-0.05, 0) is 6.92 Å². The van der Waals surface area contributed by atoms with Gasteiger partial charge in [0.25, 0.3) is 0 Å². The first-order valence-electron chi connectivity index (χ1n) is 5.67. The Morgan fingerprint density at radius 3 is 2.79 bits per heavy atom. The minimum atomic E-state index is -0.593. The summed E-state index contributed by atoms with van der Waals surface area (Å²) in [6.45, 7) is 1.61. The third-order valence-electron chi connectivity index (χ3n) is 3.03. The Balaban J connectivity index is 2.45. The molecule has 2 amide bonds. The van der Waals surface area contributed by atoms with Crippen LogP contribution >= 0.6 is 0 Å². The summed E-state index contributed by atoms with van der Waals surface area (Å²) >= 11 is 0. The second kappa shape index (κ2) is 4.75. The molecule has 1 aromatic carbocycles. The fourth-order valence-electron chi connectivity index (χ4n) is 1.97. The molecular formula is C12H14FN3O3. The van der Waals surface area contributed by atoms with Gasteiger partial charge < -0.3 is 15.4 Å². The van der Waals surface area contributed by atoms with Crippen molar-refractivity contribution in [3.05, 3.63) is 17.9 Å². The number of amides is 2. The Morgan fingerprint density at radius 2 is 2.16 bits per heavy atom. The third kappa shape index (κ3) is 2.31. The Kier molecular flexibility index (Phi) is 3.28. The molecule has 2 rings (SSSR count). The minimum Gasteiger partial charge on any atom is -0.494 e. The summed E-state index contributed by atoms with van der Waals surface area (Å²) < 4.78 is 18.4. The summed E-state index contributed by atoms with van der Waals surface area (Å²) in [6, 6.07) is 1.92. The van der Waals surface area contributed by atoms with E-state index in [1.165, 1.54) is 18.1 Å². The first-order valence-corrected chi connectivity index (χ1v) is 5.67. The highest BCUT2D eigenvalue weighted by molar-refractivity contribution is 6.05. The van der Waals surface area contributed by atoms with Crippen LogP contribution in [0.2, 0.25) is 0 Å². The van der Waals surface area contributed by atoms with Crippen molar-refractivity contribution in [1.82, 2.24) is 5.32 Å². The van der Waals surface area contributed by atoms with Gasteiger partial charge >= 0.3 is 0 Å². The van der Waals surface area contributed by atoms with Gasteiger partial charge in [-0.15, -0.1) is 0 Å². The molecule has 1 atom stereocenters. The number of imide groups is 1. The third-order valence-corrected chi connectivity index (χ3v) is 3.03. The highest BCUT2D eigenvalue weighted by atomic mass is 19.1. The van der Waals surface area contributed by atoms with Gasteiger partial charge in [0.1, 0.15) is 6.04 Å². The number of carbonyl (C=O) groups excluding carboxylic acids is 2. The molecule has 1 aliphatic rings. The van der Waals surface area contributed by atoms with Gasteiger partial charge in [0.05, 0.1) is 25.0 Å². The molecule has 3 N–H and O–H groups in total. The van der Waals surface area contributed by atoms with Crippen LogP contribution in [-0.4, -0.2) is 31.5 Å². The fourth-order valence-corrected chi connectivity index (χ4v) is 1.97. The van der Waals surface area contributed by atoms with Crippen molar-refractivity contribution >= 4 is 23.2 Å². The van der Waals surface area contributed by atoms with Gasteiger partial charge in [0, 0.05) is 12.1 Å². The quantitative estimate of drug-likeness (QED) is 0.593. The number of ether oxygens (including phenoxy) is 1. The summed E-state index contributed by atoms with van der Waals surface area (Å²) in [5.41, 5.74) is 6.29. The molecule has 0 aromatic heterocycles. The second-order valence-corrected chi connectivity index (χ2v) is 4.26. The van der Waals surface area contributed by atoms with E-state index in [-0.39, 0.29) is 18.0 Å². The molecule has 1 heterocycles. The van der Waals surface area contributed by atoms with E-state index in [2.05, 4.69) is 5.32 Å². The average Bonchev–Trinajstić information content (AvgIpc) is 2.34. The monoisotopic (exact) mass is 267 g/mol. The number of rotatable bonds is 2. The summed E-state index contributed by atoms with van der Waals surface area (Å²) in [6.07, 6.45) is 0. The molecule has 0 radical (unpaired) electrons. The Morgan fingerprint density at radius 1 is 1.47 bits per heavy atom. The van der Waals surface area contributed by atoms with Crippen LogP contribution in [0.1, 0.15) is 6.92 Å². The number of hydrogen-bond donors (Lipinski definition) is 2. The first-order chi connectivity index (χ1) is 8.93. The molecule has 6 nitrogen and oxygen atoms in total. The molecule has 1 fully saturated rings.